The summed E-state index contributed by atoms with van der Waals surface area (Å²) in [5, 5.41) is 3.49. The Morgan fingerprint density at radius 1 is 1.14 bits per heavy atom. The summed E-state index contributed by atoms with van der Waals surface area (Å²) in [5.74, 6) is 0.738. The first-order valence-corrected chi connectivity index (χ1v) is 8.13. The van der Waals surface area contributed by atoms with E-state index in [4.69, 9.17) is 0 Å². The van der Waals surface area contributed by atoms with E-state index in [1.807, 2.05) is 0 Å². The van der Waals surface area contributed by atoms with E-state index in [-0.39, 0.29) is 5.56 Å². The first-order chi connectivity index (χ1) is 9.97. The predicted molar refractivity (Wildman–Crippen MR) is 83.2 cm³/mol. The van der Waals surface area contributed by atoms with E-state index >= 15 is 0 Å². The summed E-state index contributed by atoms with van der Waals surface area (Å²) in [6.07, 6.45) is 3.97. The highest BCUT2D eigenvalue weighted by Crippen LogP contribution is 2.36. The van der Waals surface area contributed by atoms with Gasteiger partial charge < -0.3 is 5.32 Å². The van der Waals surface area contributed by atoms with Crippen LogP contribution in [0.5, 0.6) is 0 Å². The van der Waals surface area contributed by atoms with Crippen molar-refractivity contribution in [3.05, 3.63) is 35.4 Å². The fourth-order valence-electron chi connectivity index (χ4n) is 3.46. The van der Waals surface area contributed by atoms with Gasteiger partial charge in [0.05, 0.1) is 0 Å². The smallest absolute Gasteiger partial charge is 0.129 e. The molecule has 0 heterocycles. The van der Waals surface area contributed by atoms with Crippen molar-refractivity contribution in [3.63, 3.8) is 0 Å². The zero-order valence-corrected chi connectivity index (χ0v) is 13.3. The first-order valence-electron chi connectivity index (χ1n) is 8.13. The fourth-order valence-corrected chi connectivity index (χ4v) is 3.46. The maximum Gasteiger partial charge on any atom is 0.129 e. The monoisotopic (exact) mass is 295 g/mol. The van der Waals surface area contributed by atoms with E-state index in [1.54, 1.807) is 0 Å². The second kappa shape index (κ2) is 7.35. The summed E-state index contributed by atoms with van der Waals surface area (Å²) in [7, 11) is 0. The van der Waals surface area contributed by atoms with Crippen molar-refractivity contribution in [2.24, 2.45) is 17.8 Å². The molecule has 3 unspecified atom stereocenters. The molecule has 1 aliphatic carbocycles. The zero-order chi connectivity index (χ0) is 15.4. The third kappa shape index (κ3) is 4.50. The van der Waals surface area contributed by atoms with Crippen LogP contribution in [0.25, 0.3) is 0 Å². The van der Waals surface area contributed by atoms with E-state index in [0.717, 1.165) is 19.4 Å². The maximum absolute atomic E-state index is 13.9. The predicted octanol–water partition coefficient (Wildman–Crippen LogP) is 4.56. The van der Waals surface area contributed by atoms with E-state index in [2.05, 4.69) is 26.1 Å². The first kappa shape index (κ1) is 16.4. The second-order valence-electron chi connectivity index (χ2n) is 6.91. The molecule has 3 atom stereocenters. The molecule has 1 aliphatic rings. The van der Waals surface area contributed by atoms with Crippen LogP contribution in [0.2, 0.25) is 0 Å². The molecule has 2 rings (SSSR count). The van der Waals surface area contributed by atoms with Gasteiger partial charge in [0.15, 0.2) is 0 Å². The molecule has 21 heavy (non-hydrogen) atoms. The molecule has 0 bridgehead atoms. The van der Waals surface area contributed by atoms with E-state index in [1.165, 1.54) is 24.6 Å². The van der Waals surface area contributed by atoms with Gasteiger partial charge >= 0.3 is 0 Å². The fraction of sp³-hybridized carbons (Fsp3) is 0.667. The van der Waals surface area contributed by atoms with Crippen LogP contribution in [0.15, 0.2) is 18.2 Å². The second-order valence-corrected chi connectivity index (χ2v) is 6.91. The Hall–Kier alpha value is -0.960. The number of hydrogen-bond acceptors (Lipinski definition) is 1. The van der Waals surface area contributed by atoms with E-state index in [9.17, 15) is 8.78 Å². The highest BCUT2D eigenvalue weighted by atomic mass is 19.1. The van der Waals surface area contributed by atoms with Crippen molar-refractivity contribution in [2.45, 2.75) is 52.5 Å². The molecular formula is C18H27F2N. The Morgan fingerprint density at radius 2 is 1.81 bits per heavy atom. The van der Waals surface area contributed by atoms with Crippen LogP contribution in [-0.4, -0.2) is 12.6 Å². The molecule has 1 nitrogen and oxygen atoms in total. The number of rotatable bonds is 5. The Bertz CT molecular complexity index is 438. The summed E-state index contributed by atoms with van der Waals surface area (Å²) < 4.78 is 27.8. The molecule has 1 aromatic rings. The van der Waals surface area contributed by atoms with Gasteiger partial charge in [0.2, 0.25) is 0 Å². The molecule has 1 N–H and O–H groups in total. The molecule has 0 spiro atoms. The van der Waals surface area contributed by atoms with E-state index < -0.39 is 11.6 Å². The molecule has 1 fully saturated rings. The molecule has 1 aromatic carbocycles. The molecule has 0 amide bonds. The molecule has 118 valence electrons. The summed E-state index contributed by atoms with van der Waals surface area (Å²) >= 11 is 0. The van der Waals surface area contributed by atoms with Crippen molar-refractivity contribution in [1.82, 2.24) is 5.32 Å². The lowest BCUT2D eigenvalue weighted by Crippen LogP contribution is -2.36. The third-order valence-corrected chi connectivity index (χ3v) is 4.72. The standard InChI is InChI=1S/C18H27F2N/c1-12(2)21-11-14-8-7-13(3)9-15(14)10-16-17(19)5-4-6-18(16)20/h4-6,12-15,21H,7-11H2,1-3H3. The minimum absolute atomic E-state index is 0.270. The maximum atomic E-state index is 13.9. The number of nitrogens with one attached hydrogen (secondary N) is 1. The van der Waals surface area contributed by atoms with Crippen molar-refractivity contribution in [2.75, 3.05) is 6.54 Å². The largest absolute Gasteiger partial charge is 0.314 e. The third-order valence-electron chi connectivity index (χ3n) is 4.72. The molecule has 0 radical (unpaired) electrons. The lowest BCUT2D eigenvalue weighted by molar-refractivity contribution is 0.179. The zero-order valence-electron chi connectivity index (χ0n) is 13.3. The van der Waals surface area contributed by atoms with Gasteiger partial charge in [0.1, 0.15) is 11.6 Å². The van der Waals surface area contributed by atoms with Gasteiger partial charge in [-0.1, -0.05) is 33.3 Å². The summed E-state index contributed by atoms with van der Waals surface area (Å²) in [6.45, 7) is 7.47. The van der Waals surface area contributed by atoms with Crippen LogP contribution >= 0.6 is 0 Å². The van der Waals surface area contributed by atoms with Crippen molar-refractivity contribution >= 4 is 0 Å². The van der Waals surface area contributed by atoms with Crippen LogP contribution in [-0.2, 0) is 6.42 Å². The van der Waals surface area contributed by atoms with Gasteiger partial charge in [-0.3, -0.25) is 0 Å². The average Bonchev–Trinajstić information content (AvgIpc) is 2.42. The van der Waals surface area contributed by atoms with Crippen molar-refractivity contribution in [1.29, 1.82) is 0 Å². The van der Waals surface area contributed by atoms with Crippen LogP contribution in [0, 0.1) is 29.4 Å². The SMILES string of the molecule is CC1CCC(CNC(C)C)C(Cc2c(F)cccc2F)C1. The van der Waals surface area contributed by atoms with Crippen molar-refractivity contribution in [3.8, 4) is 0 Å². The Kier molecular flexibility index (Phi) is 5.74. The molecular weight excluding hydrogens is 268 g/mol. The van der Waals surface area contributed by atoms with Gasteiger partial charge in [0.25, 0.3) is 0 Å². The lowest BCUT2D eigenvalue weighted by atomic mass is 9.72. The highest BCUT2D eigenvalue weighted by Gasteiger charge is 2.30. The van der Waals surface area contributed by atoms with Gasteiger partial charge in [0, 0.05) is 11.6 Å². The number of halogens is 2. The summed E-state index contributed by atoms with van der Waals surface area (Å²) in [5.41, 5.74) is 0.270. The molecule has 0 aromatic heterocycles. The van der Waals surface area contributed by atoms with Gasteiger partial charge in [-0.25, -0.2) is 8.78 Å². The van der Waals surface area contributed by atoms with Crippen molar-refractivity contribution < 1.29 is 8.78 Å². The number of benzene rings is 1. The molecule has 0 aliphatic heterocycles. The number of hydrogen-bond donors (Lipinski definition) is 1. The normalized spacial score (nSPS) is 26.3. The minimum atomic E-state index is -0.399. The Labute approximate surface area is 127 Å². The summed E-state index contributed by atoms with van der Waals surface area (Å²) in [6, 6.07) is 4.63. The topological polar surface area (TPSA) is 12.0 Å². The van der Waals surface area contributed by atoms with Crippen LogP contribution in [0.3, 0.4) is 0 Å². The van der Waals surface area contributed by atoms with Crippen LogP contribution in [0.1, 0.15) is 45.6 Å². The van der Waals surface area contributed by atoms with Gasteiger partial charge in [-0.05, 0) is 55.7 Å². The molecule has 3 heteroatoms. The minimum Gasteiger partial charge on any atom is -0.314 e. The summed E-state index contributed by atoms with van der Waals surface area (Å²) in [4.78, 5) is 0. The average molecular weight is 295 g/mol. The molecule has 1 saturated carbocycles. The Balaban J connectivity index is 2.09. The molecule has 0 saturated heterocycles. The van der Waals surface area contributed by atoms with Crippen LogP contribution < -0.4 is 5.32 Å². The van der Waals surface area contributed by atoms with E-state index in [0.29, 0.717) is 30.2 Å². The van der Waals surface area contributed by atoms with Gasteiger partial charge in [-0.15, -0.1) is 0 Å². The van der Waals surface area contributed by atoms with Crippen LogP contribution in [0.4, 0.5) is 8.78 Å². The highest BCUT2D eigenvalue weighted by molar-refractivity contribution is 5.20. The Morgan fingerprint density at radius 3 is 2.43 bits per heavy atom. The lowest BCUT2D eigenvalue weighted by Gasteiger charge is -2.36. The quantitative estimate of drug-likeness (QED) is 0.840. The van der Waals surface area contributed by atoms with Gasteiger partial charge in [-0.2, -0.15) is 0 Å².